The number of pyridine rings is 1. The molecule has 5 rings (SSSR count). The molecule has 204 valence electrons. The molecule has 0 saturated carbocycles. The van der Waals surface area contributed by atoms with Gasteiger partial charge in [-0.1, -0.05) is 6.07 Å². The average molecular weight is 543 g/mol. The van der Waals surface area contributed by atoms with Crippen molar-refractivity contribution >= 4 is 23.4 Å². The Morgan fingerprint density at radius 3 is 2.38 bits per heavy atom. The molecule has 0 radical (unpaired) electrons. The van der Waals surface area contributed by atoms with Gasteiger partial charge in [-0.25, -0.2) is 19.0 Å². The zero-order valence-electron chi connectivity index (χ0n) is 21.2. The third-order valence-electron chi connectivity index (χ3n) is 6.26. The van der Waals surface area contributed by atoms with E-state index < -0.39 is 18.1 Å². The lowest BCUT2D eigenvalue weighted by molar-refractivity contribution is 0.116. The maximum absolute atomic E-state index is 14.1. The van der Waals surface area contributed by atoms with Crippen LogP contribution in [0.1, 0.15) is 18.0 Å². The Morgan fingerprint density at radius 1 is 1.03 bits per heavy atom. The lowest BCUT2D eigenvalue weighted by Crippen LogP contribution is -2.55. The number of halogens is 3. The third kappa shape index (κ3) is 5.49. The average Bonchev–Trinajstić information content (AvgIpc) is 3.58. The van der Waals surface area contributed by atoms with E-state index in [0.29, 0.717) is 48.8 Å². The highest BCUT2D eigenvalue weighted by Crippen LogP contribution is 2.25. The summed E-state index contributed by atoms with van der Waals surface area (Å²) in [5, 5.41) is 7.01. The van der Waals surface area contributed by atoms with Gasteiger partial charge in [0.2, 0.25) is 5.89 Å². The van der Waals surface area contributed by atoms with E-state index in [0.717, 1.165) is 0 Å². The smallest absolute Gasteiger partial charge is 0.324 e. The fourth-order valence-corrected chi connectivity index (χ4v) is 4.30. The van der Waals surface area contributed by atoms with Crippen molar-refractivity contribution in [2.75, 3.05) is 45.2 Å². The number of carbonyl (C=O) groups is 2. The van der Waals surface area contributed by atoms with Gasteiger partial charge in [-0.15, -0.1) is 10.2 Å². The molecule has 1 aliphatic rings. The summed E-state index contributed by atoms with van der Waals surface area (Å²) in [6, 6.07) is 8.46. The first-order valence-electron chi connectivity index (χ1n) is 12.1. The van der Waals surface area contributed by atoms with Gasteiger partial charge in [0.05, 0.1) is 12.2 Å². The SMILES string of the molecule is CN(C)C(=O)N1CCN(C(=O)N(Cc2cn3ccc(-c4nnc(C(F)F)o4)cc3n2)c2cccc(F)c2)CC1. The van der Waals surface area contributed by atoms with E-state index in [1.54, 1.807) is 58.9 Å². The van der Waals surface area contributed by atoms with E-state index in [-0.39, 0.29) is 24.5 Å². The van der Waals surface area contributed by atoms with E-state index in [1.165, 1.54) is 28.0 Å². The highest BCUT2D eigenvalue weighted by atomic mass is 19.3. The second kappa shape index (κ2) is 10.6. The first kappa shape index (κ1) is 26.0. The molecule has 1 aromatic carbocycles. The number of aromatic nitrogens is 4. The summed E-state index contributed by atoms with van der Waals surface area (Å²) >= 11 is 0. The van der Waals surface area contributed by atoms with E-state index >= 15 is 0 Å². The Morgan fingerprint density at radius 2 is 1.74 bits per heavy atom. The molecule has 14 heteroatoms. The van der Waals surface area contributed by atoms with Crippen molar-refractivity contribution in [1.29, 1.82) is 0 Å². The van der Waals surface area contributed by atoms with Crippen molar-refractivity contribution in [3.8, 4) is 11.5 Å². The van der Waals surface area contributed by atoms with E-state index in [1.807, 2.05) is 0 Å². The van der Waals surface area contributed by atoms with Crippen LogP contribution in [0.2, 0.25) is 0 Å². The van der Waals surface area contributed by atoms with E-state index in [2.05, 4.69) is 15.2 Å². The van der Waals surface area contributed by atoms with Crippen LogP contribution in [0.15, 0.2) is 53.2 Å². The summed E-state index contributed by atoms with van der Waals surface area (Å²) in [5.41, 5.74) is 1.73. The number of piperazine rings is 1. The topological polar surface area (TPSA) is 103 Å². The summed E-state index contributed by atoms with van der Waals surface area (Å²) in [6.45, 7) is 1.43. The number of rotatable bonds is 5. The largest absolute Gasteiger partial charge is 0.415 e. The van der Waals surface area contributed by atoms with Crippen LogP contribution in [0, 0.1) is 5.82 Å². The van der Waals surface area contributed by atoms with Crippen LogP contribution in [0.5, 0.6) is 0 Å². The van der Waals surface area contributed by atoms with Crippen LogP contribution in [0.4, 0.5) is 28.4 Å². The molecule has 0 atom stereocenters. The molecule has 1 saturated heterocycles. The molecule has 4 heterocycles. The molecular weight excluding hydrogens is 517 g/mol. The standard InChI is InChI=1S/C25H25F3N8O3/c1-32(2)24(37)33-8-10-34(11-9-33)25(38)36(19-5-3-4-17(26)13-19)15-18-14-35-7-6-16(12-20(35)29-18)22-30-31-23(39-22)21(27)28/h3-7,12-14,21H,8-11,15H2,1-2H3. The maximum Gasteiger partial charge on any atom is 0.324 e. The number of fused-ring (bicyclic) bond motifs is 1. The Balaban J connectivity index is 1.38. The molecule has 11 nitrogen and oxygen atoms in total. The number of benzene rings is 1. The van der Waals surface area contributed by atoms with Gasteiger partial charge in [0, 0.05) is 63.9 Å². The summed E-state index contributed by atoms with van der Waals surface area (Å²) in [7, 11) is 3.35. The molecule has 3 aromatic heterocycles. The Kier molecular flexibility index (Phi) is 7.09. The van der Waals surface area contributed by atoms with Gasteiger partial charge in [0.15, 0.2) is 0 Å². The molecule has 1 aliphatic heterocycles. The van der Waals surface area contributed by atoms with E-state index in [9.17, 15) is 22.8 Å². The Bertz CT molecular complexity index is 1500. The van der Waals surface area contributed by atoms with Gasteiger partial charge in [-0.05, 0) is 30.3 Å². The van der Waals surface area contributed by atoms with Crippen molar-refractivity contribution in [2.45, 2.75) is 13.0 Å². The van der Waals surface area contributed by atoms with Crippen LogP contribution in [-0.4, -0.2) is 86.6 Å². The number of nitrogens with zero attached hydrogens (tertiary/aromatic N) is 8. The van der Waals surface area contributed by atoms with Crippen molar-refractivity contribution in [3.63, 3.8) is 0 Å². The summed E-state index contributed by atoms with van der Waals surface area (Å²) in [5.74, 6) is -1.33. The van der Waals surface area contributed by atoms with Crippen LogP contribution < -0.4 is 4.90 Å². The number of hydrogen-bond donors (Lipinski definition) is 0. The molecular formula is C25H25F3N8O3. The van der Waals surface area contributed by atoms with Crippen LogP contribution in [0.3, 0.4) is 0 Å². The molecule has 0 N–H and O–H groups in total. The second-order valence-electron chi connectivity index (χ2n) is 9.16. The molecule has 4 amide bonds. The quantitative estimate of drug-likeness (QED) is 0.379. The van der Waals surface area contributed by atoms with Crippen molar-refractivity contribution in [2.24, 2.45) is 0 Å². The highest BCUT2D eigenvalue weighted by Gasteiger charge is 2.29. The van der Waals surface area contributed by atoms with Gasteiger partial charge < -0.3 is 23.5 Å². The van der Waals surface area contributed by atoms with Crippen LogP contribution in [-0.2, 0) is 6.54 Å². The summed E-state index contributed by atoms with van der Waals surface area (Å²) in [4.78, 5) is 36.7. The maximum atomic E-state index is 14.1. The zero-order valence-corrected chi connectivity index (χ0v) is 21.2. The molecule has 4 aromatic rings. The number of imidazole rings is 1. The lowest BCUT2D eigenvalue weighted by Gasteiger charge is -2.38. The van der Waals surface area contributed by atoms with Gasteiger partial charge in [-0.2, -0.15) is 8.78 Å². The fraction of sp³-hybridized carbons (Fsp3) is 0.320. The second-order valence-corrected chi connectivity index (χ2v) is 9.16. The molecule has 0 aliphatic carbocycles. The van der Waals surface area contributed by atoms with E-state index in [4.69, 9.17) is 4.42 Å². The van der Waals surface area contributed by atoms with Gasteiger partial charge in [0.25, 0.3) is 5.89 Å². The normalized spacial score (nSPS) is 13.8. The zero-order chi connectivity index (χ0) is 27.7. The number of urea groups is 2. The predicted octanol–water partition coefficient (Wildman–Crippen LogP) is 3.89. The van der Waals surface area contributed by atoms with Gasteiger partial charge >= 0.3 is 18.5 Å². The van der Waals surface area contributed by atoms with Gasteiger partial charge in [0.1, 0.15) is 11.5 Å². The summed E-state index contributed by atoms with van der Waals surface area (Å²) < 4.78 is 46.5. The number of anilines is 1. The minimum absolute atomic E-state index is 0.0340. The molecule has 0 unspecified atom stereocenters. The Labute approximate surface area is 221 Å². The first-order chi connectivity index (χ1) is 18.7. The minimum atomic E-state index is -2.88. The first-order valence-corrected chi connectivity index (χ1v) is 12.1. The highest BCUT2D eigenvalue weighted by molar-refractivity contribution is 5.92. The van der Waals surface area contributed by atoms with Crippen LogP contribution in [0.25, 0.3) is 17.1 Å². The number of carbonyl (C=O) groups excluding carboxylic acids is 2. The molecule has 0 bridgehead atoms. The van der Waals surface area contributed by atoms with Crippen molar-refractivity contribution < 1.29 is 27.2 Å². The predicted molar refractivity (Wildman–Crippen MR) is 134 cm³/mol. The number of alkyl halides is 2. The third-order valence-corrected chi connectivity index (χ3v) is 6.26. The van der Waals surface area contributed by atoms with Gasteiger partial charge in [-0.3, -0.25) is 4.90 Å². The van der Waals surface area contributed by atoms with Crippen molar-refractivity contribution in [3.05, 3.63) is 66.2 Å². The summed E-state index contributed by atoms with van der Waals surface area (Å²) in [6.07, 6.45) is 0.490. The lowest BCUT2D eigenvalue weighted by atomic mass is 10.2. The molecule has 39 heavy (non-hydrogen) atoms. The molecule has 1 fully saturated rings. The number of amides is 4. The fourth-order valence-electron chi connectivity index (χ4n) is 4.30. The monoisotopic (exact) mass is 542 g/mol. The Hall–Kier alpha value is -4.62. The molecule has 0 spiro atoms. The van der Waals surface area contributed by atoms with Crippen LogP contribution >= 0.6 is 0 Å². The minimum Gasteiger partial charge on any atom is -0.415 e. The van der Waals surface area contributed by atoms with Crippen molar-refractivity contribution in [1.82, 2.24) is 34.3 Å². The number of hydrogen-bond acceptors (Lipinski definition) is 6.